The zero-order chi connectivity index (χ0) is 19.8. The fourth-order valence-corrected chi connectivity index (χ4v) is 5.64. The van der Waals surface area contributed by atoms with Crippen LogP contribution in [0.3, 0.4) is 0 Å². The standard InChI is InChI=1S/C22H32N6O/c1-15-10-23-27(2)22(15)20-5-6-21(26-25-20)24-19-8-17-12-28(13-18(17)9-19)11-16-4-3-7-29-14-16/h5-6,10,16-19H,3-4,7-9,11-14H2,1-2H3,(H,24,26). The number of fused-ring (bicyclic) bond motifs is 1. The maximum Gasteiger partial charge on any atom is 0.148 e. The van der Waals surface area contributed by atoms with Gasteiger partial charge in [0.05, 0.1) is 18.5 Å². The summed E-state index contributed by atoms with van der Waals surface area (Å²) in [5.41, 5.74) is 3.03. The van der Waals surface area contributed by atoms with E-state index in [1.165, 1.54) is 45.3 Å². The summed E-state index contributed by atoms with van der Waals surface area (Å²) in [6.07, 6.45) is 6.92. The highest BCUT2D eigenvalue weighted by Crippen LogP contribution is 2.39. The summed E-state index contributed by atoms with van der Waals surface area (Å²) >= 11 is 0. The van der Waals surface area contributed by atoms with Gasteiger partial charge in [-0.25, -0.2) is 0 Å². The van der Waals surface area contributed by atoms with E-state index in [-0.39, 0.29) is 0 Å². The first-order chi connectivity index (χ1) is 14.2. The Morgan fingerprint density at radius 2 is 2.00 bits per heavy atom. The lowest BCUT2D eigenvalue weighted by atomic mass is 10.0. The number of likely N-dealkylation sites (tertiary alicyclic amines) is 1. The van der Waals surface area contributed by atoms with E-state index in [1.807, 2.05) is 24.0 Å². The highest BCUT2D eigenvalue weighted by Gasteiger charge is 2.41. The van der Waals surface area contributed by atoms with Crippen LogP contribution in [-0.2, 0) is 11.8 Å². The van der Waals surface area contributed by atoms with Crippen LogP contribution in [0, 0.1) is 24.7 Å². The van der Waals surface area contributed by atoms with Crippen molar-refractivity contribution in [3.8, 4) is 11.4 Å². The van der Waals surface area contributed by atoms with Gasteiger partial charge in [-0.3, -0.25) is 4.68 Å². The molecule has 156 valence electrons. The number of anilines is 1. The quantitative estimate of drug-likeness (QED) is 0.838. The molecular weight excluding hydrogens is 364 g/mol. The SMILES string of the molecule is Cc1cnn(C)c1-c1ccc(NC2CC3CN(CC4CCCOC4)CC3C2)nn1. The lowest BCUT2D eigenvalue weighted by Crippen LogP contribution is -2.33. The fraction of sp³-hybridized carbons (Fsp3) is 0.682. The molecule has 3 atom stereocenters. The number of hydrogen-bond donors (Lipinski definition) is 1. The summed E-state index contributed by atoms with van der Waals surface area (Å²) in [5.74, 6) is 3.27. The summed E-state index contributed by atoms with van der Waals surface area (Å²) in [4.78, 5) is 2.69. The molecule has 3 fully saturated rings. The minimum atomic E-state index is 0.517. The van der Waals surface area contributed by atoms with Gasteiger partial charge in [-0.05, 0) is 68.1 Å². The zero-order valence-electron chi connectivity index (χ0n) is 17.5. The molecule has 1 saturated carbocycles. The monoisotopic (exact) mass is 396 g/mol. The van der Waals surface area contributed by atoms with Crippen molar-refractivity contribution in [2.45, 2.75) is 38.6 Å². The molecule has 0 bridgehead atoms. The molecule has 2 aromatic rings. The number of nitrogens with zero attached hydrogens (tertiary/aromatic N) is 5. The molecule has 3 unspecified atom stereocenters. The third-order valence-electron chi connectivity index (χ3n) is 6.98. The molecule has 2 aromatic heterocycles. The summed E-state index contributed by atoms with van der Waals surface area (Å²) < 4.78 is 7.52. The van der Waals surface area contributed by atoms with Gasteiger partial charge in [-0.15, -0.1) is 10.2 Å². The van der Waals surface area contributed by atoms with Crippen LogP contribution >= 0.6 is 0 Å². The van der Waals surface area contributed by atoms with Crippen LogP contribution < -0.4 is 5.32 Å². The van der Waals surface area contributed by atoms with Crippen molar-refractivity contribution in [3.05, 3.63) is 23.9 Å². The minimum Gasteiger partial charge on any atom is -0.381 e. The van der Waals surface area contributed by atoms with Gasteiger partial charge in [0.1, 0.15) is 11.5 Å². The molecule has 0 radical (unpaired) electrons. The molecule has 0 aromatic carbocycles. The van der Waals surface area contributed by atoms with Crippen LogP contribution in [0.15, 0.2) is 18.3 Å². The third kappa shape index (κ3) is 4.03. The van der Waals surface area contributed by atoms with E-state index < -0.39 is 0 Å². The van der Waals surface area contributed by atoms with Gasteiger partial charge in [0.25, 0.3) is 0 Å². The van der Waals surface area contributed by atoms with Crippen LogP contribution in [0.5, 0.6) is 0 Å². The molecule has 1 N–H and O–H groups in total. The normalized spacial score (nSPS) is 29.9. The van der Waals surface area contributed by atoms with Crippen LogP contribution in [0.2, 0.25) is 0 Å². The molecule has 2 saturated heterocycles. The highest BCUT2D eigenvalue weighted by atomic mass is 16.5. The van der Waals surface area contributed by atoms with E-state index in [9.17, 15) is 0 Å². The van der Waals surface area contributed by atoms with Crippen LogP contribution in [0.25, 0.3) is 11.4 Å². The zero-order valence-corrected chi connectivity index (χ0v) is 17.5. The highest BCUT2D eigenvalue weighted by molar-refractivity contribution is 5.59. The first-order valence-electron chi connectivity index (χ1n) is 11.0. The molecule has 0 amide bonds. The smallest absolute Gasteiger partial charge is 0.148 e. The average molecular weight is 397 g/mol. The first-order valence-corrected chi connectivity index (χ1v) is 11.0. The molecular formula is C22H32N6O. The Labute approximate surface area is 172 Å². The van der Waals surface area contributed by atoms with E-state index in [1.54, 1.807) is 0 Å². The molecule has 7 nitrogen and oxygen atoms in total. The van der Waals surface area contributed by atoms with Crippen molar-refractivity contribution in [1.82, 2.24) is 24.9 Å². The second kappa shape index (κ2) is 8.03. The van der Waals surface area contributed by atoms with Gasteiger partial charge in [0.15, 0.2) is 0 Å². The van der Waals surface area contributed by atoms with E-state index in [0.29, 0.717) is 6.04 Å². The predicted octanol–water partition coefficient (Wildman–Crippen LogP) is 2.73. The molecule has 29 heavy (non-hydrogen) atoms. The molecule has 1 aliphatic carbocycles. The molecule has 5 rings (SSSR count). The first kappa shape index (κ1) is 19.0. The fourth-order valence-electron chi connectivity index (χ4n) is 5.64. The van der Waals surface area contributed by atoms with Gasteiger partial charge < -0.3 is 15.0 Å². The summed E-state index contributed by atoms with van der Waals surface area (Å²) in [7, 11) is 1.94. The van der Waals surface area contributed by atoms with E-state index in [2.05, 4.69) is 38.5 Å². The van der Waals surface area contributed by atoms with Crippen LogP contribution in [-0.4, -0.2) is 63.8 Å². The van der Waals surface area contributed by atoms with E-state index in [0.717, 1.165) is 53.7 Å². The second-order valence-electron chi connectivity index (χ2n) is 9.24. The van der Waals surface area contributed by atoms with Gasteiger partial charge in [-0.1, -0.05) is 0 Å². The van der Waals surface area contributed by atoms with Crippen molar-refractivity contribution in [3.63, 3.8) is 0 Å². The molecule has 0 spiro atoms. The number of nitrogens with one attached hydrogen (secondary N) is 1. The Kier molecular flexibility index (Phi) is 5.26. The molecule has 4 heterocycles. The number of rotatable bonds is 5. The third-order valence-corrected chi connectivity index (χ3v) is 6.98. The lowest BCUT2D eigenvalue weighted by Gasteiger charge is -2.27. The van der Waals surface area contributed by atoms with Crippen molar-refractivity contribution in [1.29, 1.82) is 0 Å². The van der Waals surface area contributed by atoms with E-state index >= 15 is 0 Å². The minimum absolute atomic E-state index is 0.517. The average Bonchev–Trinajstić information content (AvgIpc) is 3.36. The molecule has 2 aliphatic heterocycles. The Balaban J connectivity index is 1.14. The Bertz CT molecular complexity index is 795. The Morgan fingerprint density at radius 1 is 1.17 bits per heavy atom. The van der Waals surface area contributed by atoms with Gasteiger partial charge in [0.2, 0.25) is 0 Å². The topological polar surface area (TPSA) is 68.1 Å². The van der Waals surface area contributed by atoms with Crippen LogP contribution in [0.1, 0.15) is 31.2 Å². The lowest BCUT2D eigenvalue weighted by molar-refractivity contribution is 0.0407. The van der Waals surface area contributed by atoms with Gasteiger partial charge >= 0.3 is 0 Å². The second-order valence-corrected chi connectivity index (χ2v) is 9.24. The van der Waals surface area contributed by atoms with E-state index in [4.69, 9.17) is 4.74 Å². The summed E-state index contributed by atoms with van der Waals surface area (Å²) in [5, 5.41) is 16.8. The largest absolute Gasteiger partial charge is 0.381 e. The van der Waals surface area contributed by atoms with Crippen molar-refractivity contribution < 1.29 is 4.74 Å². The van der Waals surface area contributed by atoms with Crippen molar-refractivity contribution in [2.75, 3.05) is 38.2 Å². The molecule has 7 heteroatoms. The Morgan fingerprint density at radius 3 is 2.62 bits per heavy atom. The van der Waals surface area contributed by atoms with Crippen molar-refractivity contribution in [2.24, 2.45) is 24.8 Å². The van der Waals surface area contributed by atoms with Crippen LogP contribution in [0.4, 0.5) is 5.82 Å². The maximum atomic E-state index is 5.66. The maximum absolute atomic E-state index is 5.66. The Hall–Kier alpha value is -1.99. The number of ether oxygens (including phenoxy) is 1. The van der Waals surface area contributed by atoms with Gasteiger partial charge in [-0.2, -0.15) is 5.10 Å². The number of aryl methyl sites for hydroxylation is 2. The number of hydrogen-bond acceptors (Lipinski definition) is 6. The summed E-state index contributed by atoms with van der Waals surface area (Å²) in [6, 6.07) is 4.62. The molecule has 3 aliphatic rings. The number of aromatic nitrogens is 4. The summed E-state index contributed by atoms with van der Waals surface area (Å²) in [6.45, 7) is 7.71. The predicted molar refractivity (Wildman–Crippen MR) is 113 cm³/mol. The van der Waals surface area contributed by atoms with Gasteiger partial charge in [0, 0.05) is 39.3 Å². The van der Waals surface area contributed by atoms with Crippen molar-refractivity contribution >= 4 is 5.82 Å².